The average molecular weight is 577 g/mol. The lowest BCUT2D eigenvalue weighted by Crippen LogP contribution is -2.42. The minimum Gasteiger partial charge on any atom is -0.492 e. The summed E-state index contributed by atoms with van der Waals surface area (Å²) in [6, 6.07) is 21.7. The van der Waals surface area contributed by atoms with Crippen molar-refractivity contribution in [1.29, 1.82) is 0 Å². The summed E-state index contributed by atoms with van der Waals surface area (Å²) in [7, 11) is -4.40. The molecule has 4 aromatic carbocycles. The van der Waals surface area contributed by atoms with Crippen molar-refractivity contribution in [2.24, 2.45) is 0 Å². The quantitative estimate of drug-likeness (QED) is 0.240. The summed E-state index contributed by atoms with van der Waals surface area (Å²) < 4.78 is 73.7. The van der Waals surface area contributed by atoms with Gasteiger partial charge in [-0.1, -0.05) is 59.6 Å². The van der Waals surface area contributed by atoms with E-state index < -0.39 is 39.2 Å². The van der Waals surface area contributed by atoms with Crippen LogP contribution in [-0.2, 0) is 21.0 Å². The van der Waals surface area contributed by atoms with Crippen molar-refractivity contribution >= 4 is 44.0 Å². The standard InChI is InChI=1S/C28H24ClF3N2O4S/c1-19-6-11-24(12-7-19)39(36,37)34(22-9-13-26(29)25(17-22)28(30,31)32)18-27(35)33-14-15-38-23-10-8-20-4-2-3-5-21(20)16-23/h2-13,16-17H,14-15,18H2,1H3,(H,33,35). The largest absolute Gasteiger partial charge is 0.492 e. The second kappa shape index (κ2) is 11.5. The van der Waals surface area contributed by atoms with Crippen LogP contribution in [0.4, 0.5) is 18.9 Å². The number of nitrogens with zero attached hydrogens (tertiary/aromatic N) is 1. The molecule has 204 valence electrons. The number of sulfonamides is 1. The van der Waals surface area contributed by atoms with Gasteiger partial charge < -0.3 is 10.1 Å². The third kappa shape index (κ3) is 6.82. The first kappa shape index (κ1) is 28.3. The van der Waals surface area contributed by atoms with E-state index in [1.54, 1.807) is 25.1 Å². The zero-order valence-electron chi connectivity index (χ0n) is 20.7. The highest BCUT2D eigenvalue weighted by Gasteiger charge is 2.35. The van der Waals surface area contributed by atoms with Crippen molar-refractivity contribution in [1.82, 2.24) is 5.32 Å². The second-order valence-corrected chi connectivity index (χ2v) is 11.0. The number of benzene rings is 4. The molecular weight excluding hydrogens is 553 g/mol. The number of hydrogen-bond donors (Lipinski definition) is 1. The number of anilines is 1. The first-order valence-corrected chi connectivity index (χ1v) is 13.6. The van der Waals surface area contributed by atoms with Gasteiger partial charge in [-0.2, -0.15) is 13.2 Å². The maximum absolute atomic E-state index is 13.5. The molecule has 4 aromatic rings. The van der Waals surface area contributed by atoms with Gasteiger partial charge in [0.2, 0.25) is 5.91 Å². The van der Waals surface area contributed by atoms with E-state index in [-0.39, 0.29) is 23.7 Å². The number of ether oxygens (including phenoxy) is 1. The number of carbonyl (C=O) groups is 1. The van der Waals surface area contributed by atoms with Crippen LogP contribution in [0.15, 0.2) is 89.8 Å². The van der Waals surface area contributed by atoms with Gasteiger partial charge in [-0.05, 0) is 60.2 Å². The van der Waals surface area contributed by atoms with Crippen molar-refractivity contribution < 1.29 is 31.1 Å². The van der Waals surface area contributed by atoms with E-state index in [9.17, 15) is 26.4 Å². The number of fused-ring (bicyclic) bond motifs is 1. The Balaban J connectivity index is 1.51. The van der Waals surface area contributed by atoms with Crippen LogP contribution in [-0.4, -0.2) is 34.0 Å². The zero-order valence-corrected chi connectivity index (χ0v) is 22.3. The molecule has 0 aliphatic carbocycles. The van der Waals surface area contributed by atoms with Crippen molar-refractivity contribution in [2.45, 2.75) is 18.0 Å². The lowest BCUT2D eigenvalue weighted by molar-refractivity contribution is -0.137. The van der Waals surface area contributed by atoms with Gasteiger partial charge in [-0.25, -0.2) is 8.42 Å². The van der Waals surface area contributed by atoms with Crippen LogP contribution in [0, 0.1) is 6.92 Å². The summed E-state index contributed by atoms with van der Waals surface area (Å²) in [5, 5.41) is 4.00. The number of amides is 1. The van der Waals surface area contributed by atoms with Crippen LogP contribution in [0.1, 0.15) is 11.1 Å². The molecule has 0 saturated carbocycles. The fraction of sp³-hybridized carbons (Fsp3) is 0.179. The van der Waals surface area contributed by atoms with Gasteiger partial charge in [0.25, 0.3) is 10.0 Å². The summed E-state index contributed by atoms with van der Waals surface area (Å²) in [4.78, 5) is 12.6. The van der Waals surface area contributed by atoms with E-state index in [0.29, 0.717) is 16.1 Å². The van der Waals surface area contributed by atoms with Gasteiger partial charge in [0.1, 0.15) is 18.9 Å². The van der Waals surface area contributed by atoms with Gasteiger partial charge in [0.05, 0.1) is 27.7 Å². The highest BCUT2D eigenvalue weighted by Crippen LogP contribution is 2.38. The van der Waals surface area contributed by atoms with E-state index in [0.717, 1.165) is 28.5 Å². The lowest BCUT2D eigenvalue weighted by atomic mass is 10.1. The summed E-state index contributed by atoms with van der Waals surface area (Å²) in [5.41, 5.74) is -0.777. The Kier molecular flexibility index (Phi) is 8.36. The predicted molar refractivity (Wildman–Crippen MR) is 145 cm³/mol. The summed E-state index contributed by atoms with van der Waals surface area (Å²) in [6.07, 6.45) is -4.82. The molecule has 0 spiro atoms. The van der Waals surface area contributed by atoms with E-state index in [1.165, 1.54) is 12.1 Å². The molecule has 0 unspecified atom stereocenters. The van der Waals surface area contributed by atoms with E-state index in [2.05, 4.69) is 5.32 Å². The number of nitrogens with one attached hydrogen (secondary N) is 1. The van der Waals surface area contributed by atoms with Gasteiger partial charge in [0.15, 0.2) is 0 Å². The Morgan fingerprint density at radius 3 is 2.33 bits per heavy atom. The average Bonchev–Trinajstić information content (AvgIpc) is 2.89. The maximum Gasteiger partial charge on any atom is 0.417 e. The Morgan fingerprint density at radius 2 is 1.64 bits per heavy atom. The molecule has 0 aliphatic rings. The molecule has 1 amide bonds. The molecular formula is C28H24ClF3N2O4S. The highest BCUT2D eigenvalue weighted by molar-refractivity contribution is 7.92. The van der Waals surface area contributed by atoms with E-state index in [4.69, 9.17) is 16.3 Å². The normalized spacial score (nSPS) is 11.8. The van der Waals surface area contributed by atoms with Crippen LogP contribution < -0.4 is 14.4 Å². The molecule has 0 heterocycles. The number of alkyl halides is 3. The monoisotopic (exact) mass is 576 g/mol. The molecule has 0 aromatic heterocycles. The van der Waals surface area contributed by atoms with Crippen LogP contribution in [0.2, 0.25) is 5.02 Å². The molecule has 0 radical (unpaired) electrons. The number of rotatable bonds is 9. The second-order valence-electron chi connectivity index (χ2n) is 8.69. The molecule has 0 bridgehead atoms. The predicted octanol–water partition coefficient (Wildman–Crippen LogP) is 6.21. The van der Waals surface area contributed by atoms with Gasteiger partial charge in [-0.3, -0.25) is 9.10 Å². The molecule has 11 heteroatoms. The third-order valence-electron chi connectivity index (χ3n) is 5.85. The first-order valence-electron chi connectivity index (χ1n) is 11.8. The van der Waals surface area contributed by atoms with E-state index in [1.807, 2.05) is 36.4 Å². The van der Waals surface area contributed by atoms with Gasteiger partial charge in [-0.15, -0.1) is 0 Å². The molecule has 4 rings (SSSR count). The Morgan fingerprint density at radius 1 is 0.949 bits per heavy atom. The van der Waals surface area contributed by atoms with Crippen LogP contribution >= 0.6 is 11.6 Å². The summed E-state index contributed by atoms with van der Waals surface area (Å²) in [5.74, 6) is -0.135. The maximum atomic E-state index is 13.5. The number of carbonyl (C=O) groups excluding carboxylic acids is 1. The molecule has 1 N–H and O–H groups in total. The van der Waals surface area contributed by atoms with Crippen LogP contribution in [0.3, 0.4) is 0 Å². The smallest absolute Gasteiger partial charge is 0.417 e. The Labute approximate surface area is 229 Å². The first-order chi connectivity index (χ1) is 18.4. The Bertz CT molecular complexity index is 1590. The topological polar surface area (TPSA) is 75.7 Å². The Hall–Kier alpha value is -3.76. The van der Waals surface area contributed by atoms with Crippen molar-refractivity contribution in [2.75, 3.05) is 24.0 Å². The van der Waals surface area contributed by atoms with Crippen LogP contribution in [0.5, 0.6) is 5.75 Å². The number of hydrogen-bond acceptors (Lipinski definition) is 4. The molecule has 6 nitrogen and oxygen atoms in total. The molecule has 0 saturated heterocycles. The van der Waals surface area contributed by atoms with Crippen molar-refractivity contribution in [3.63, 3.8) is 0 Å². The molecule has 39 heavy (non-hydrogen) atoms. The minimum absolute atomic E-state index is 0.0402. The molecule has 0 fully saturated rings. The number of aryl methyl sites for hydroxylation is 1. The van der Waals surface area contributed by atoms with Crippen molar-refractivity contribution in [3.8, 4) is 5.75 Å². The fourth-order valence-corrected chi connectivity index (χ4v) is 5.48. The van der Waals surface area contributed by atoms with Gasteiger partial charge in [0, 0.05) is 0 Å². The fourth-order valence-electron chi connectivity index (χ4n) is 3.84. The molecule has 0 aliphatic heterocycles. The van der Waals surface area contributed by atoms with Crippen molar-refractivity contribution in [3.05, 3.63) is 101 Å². The number of halogens is 4. The zero-order chi connectivity index (χ0) is 28.2. The van der Waals surface area contributed by atoms with E-state index >= 15 is 0 Å². The third-order valence-corrected chi connectivity index (χ3v) is 7.97. The van der Waals surface area contributed by atoms with Crippen LogP contribution in [0.25, 0.3) is 10.8 Å². The summed E-state index contributed by atoms with van der Waals surface area (Å²) in [6.45, 7) is 1.13. The lowest BCUT2D eigenvalue weighted by Gasteiger charge is -2.25. The molecule has 0 atom stereocenters. The SMILES string of the molecule is Cc1ccc(S(=O)(=O)N(CC(=O)NCCOc2ccc3ccccc3c2)c2ccc(Cl)c(C(F)(F)F)c2)cc1. The van der Waals surface area contributed by atoms with Gasteiger partial charge >= 0.3 is 6.18 Å². The summed E-state index contributed by atoms with van der Waals surface area (Å²) >= 11 is 5.73. The highest BCUT2D eigenvalue weighted by atomic mass is 35.5. The minimum atomic E-state index is -4.82.